The highest BCUT2D eigenvalue weighted by Crippen LogP contribution is 2.42. The van der Waals surface area contributed by atoms with Crippen LogP contribution < -0.4 is 4.90 Å². The minimum Gasteiger partial charge on any atom is -0.465 e. The van der Waals surface area contributed by atoms with Gasteiger partial charge in [-0.3, -0.25) is 19.3 Å². The number of carbonyl (C=O) groups excluding carboxylic acids is 4. The summed E-state index contributed by atoms with van der Waals surface area (Å²) in [6.45, 7) is 5.47. The number of likely N-dealkylation sites (N-methyl/N-ethyl adjacent to an activating group) is 1. The van der Waals surface area contributed by atoms with Crippen molar-refractivity contribution in [3.05, 3.63) is 76.7 Å². The first kappa shape index (κ1) is 36.6. The Morgan fingerprint density at radius 3 is 2.49 bits per heavy atom. The number of hydrogen-bond acceptors (Lipinski definition) is 7. The topological polar surface area (TPSA) is 139 Å². The standard InChI is InChI=1S/C33H33ClF3N7O5/c1-5-21(17-38)40-31(39-3)44-26(18-42(32(44)48)19-27(45)49-6-2)29(46)43(22-11-9-10-20(35)14-22)28(24-12-7-8-13-25(24)34)30(47)41(4)23-15-33(36,37)16-23/h5,7-14,23,26,28H,3,6,15-16,18-19H2,1-2,4H3/b21-5-,40-31+/t26-,28?/m0/s1. The first-order chi connectivity index (χ1) is 23.3. The molecule has 4 rings (SSSR count). The summed E-state index contributed by atoms with van der Waals surface area (Å²) >= 11 is 6.59. The van der Waals surface area contributed by atoms with Crippen molar-refractivity contribution in [2.24, 2.45) is 9.98 Å². The van der Waals surface area contributed by atoms with Crippen molar-refractivity contribution in [2.45, 2.75) is 50.7 Å². The Balaban J connectivity index is 1.92. The Bertz CT molecular complexity index is 1740. The first-order valence-electron chi connectivity index (χ1n) is 15.1. The predicted octanol–water partition coefficient (Wildman–Crippen LogP) is 4.96. The summed E-state index contributed by atoms with van der Waals surface area (Å²) in [4.78, 5) is 67.3. The number of esters is 1. The molecule has 0 N–H and O–H groups in total. The third kappa shape index (κ3) is 7.92. The van der Waals surface area contributed by atoms with E-state index < -0.39 is 85.6 Å². The highest BCUT2D eigenvalue weighted by atomic mass is 35.5. The van der Waals surface area contributed by atoms with E-state index in [1.165, 1.54) is 44.3 Å². The Morgan fingerprint density at radius 1 is 1.22 bits per heavy atom. The maximum atomic E-state index is 15.0. The molecule has 2 aliphatic rings. The number of halogens is 4. The number of urea groups is 1. The molecule has 1 saturated heterocycles. The second kappa shape index (κ2) is 15.3. The molecule has 1 heterocycles. The molecule has 2 atom stereocenters. The van der Waals surface area contributed by atoms with Crippen LogP contribution in [0.4, 0.5) is 23.7 Å². The fourth-order valence-corrected chi connectivity index (χ4v) is 5.77. The molecule has 1 aliphatic heterocycles. The molecule has 12 nitrogen and oxygen atoms in total. The Hall–Kier alpha value is -5.23. The zero-order valence-electron chi connectivity index (χ0n) is 26.9. The van der Waals surface area contributed by atoms with Crippen LogP contribution in [0.3, 0.4) is 0 Å². The van der Waals surface area contributed by atoms with E-state index in [1.807, 2.05) is 6.07 Å². The second-order valence-electron chi connectivity index (χ2n) is 11.2. The van der Waals surface area contributed by atoms with Crippen LogP contribution in [0, 0.1) is 17.1 Å². The molecule has 1 aliphatic carbocycles. The molecule has 258 valence electrons. The molecular formula is C33H33ClF3N7O5. The summed E-state index contributed by atoms with van der Waals surface area (Å²) in [7, 11) is 1.32. The van der Waals surface area contributed by atoms with Gasteiger partial charge in [0.05, 0.1) is 13.2 Å². The van der Waals surface area contributed by atoms with Crippen molar-refractivity contribution >= 4 is 53.8 Å². The Kier molecular flexibility index (Phi) is 11.5. The molecule has 16 heteroatoms. The van der Waals surface area contributed by atoms with Gasteiger partial charge in [-0.1, -0.05) is 41.9 Å². The molecule has 2 aromatic rings. The molecule has 0 bridgehead atoms. The average Bonchev–Trinajstić information content (AvgIpc) is 3.37. The Morgan fingerprint density at radius 2 is 1.92 bits per heavy atom. The van der Waals surface area contributed by atoms with E-state index in [4.69, 9.17) is 16.3 Å². The van der Waals surface area contributed by atoms with Crippen LogP contribution in [0.2, 0.25) is 5.02 Å². The van der Waals surface area contributed by atoms with Crippen molar-refractivity contribution in [2.75, 3.05) is 31.6 Å². The van der Waals surface area contributed by atoms with Crippen LogP contribution in [0.25, 0.3) is 0 Å². The summed E-state index contributed by atoms with van der Waals surface area (Å²) < 4.78 is 47.7. The summed E-state index contributed by atoms with van der Waals surface area (Å²) in [5.41, 5.74) is -0.237. The molecule has 1 unspecified atom stereocenters. The molecule has 2 aromatic carbocycles. The number of carbonyl (C=O) groups is 4. The van der Waals surface area contributed by atoms with Crippen molar-refractivity contribution in [3.8, 4) is 6.07 Å². The maximum Gasteiger partial charge on any atom is 0.328 e. The lowest BCUT2D eigenvalue weighted by molar-refractivity contribution is -0.152. The fourth-order valence-electron chi connectivity index (χ4n) is 5.54. The minimum atomic E-state index is -2.98. The predicted molar refractivity (Wildman–Crippen MR) is 174 cm³/mol. The van der Waals surface area contributed by atoms with Crippen molar-refractivity contribution < 1.29 is 37.1 Å². The number of benzene rings is 2. The van der Waals surface area contributed by atoms with Crippen molar-refractivity contribution in [3.63, 3.8) is 0 Å². The summed E-state index contributed by atoms with van der Waals surface area (Å²) in [6.07, 6.45) is 0.107. The number of ether oxygens (including phenoxy) is 1. The van der Waals surface area contributed by atoms with Gasteiger partial charge >= 0.3 is 12.0 Å². The number of aliphatic imine (C=N–C) groups is 2. The van der Waals surface area contributed by atoms with Crippen LogP contribution in [-0.4, -0.2) is 95.9 Å². The van der Waals surface area contributed by atoms with E-state index in [0.29, 0.717) is 0 Å². The monoisotopic (exact) mass is 699 g/mol. The third-order valence-corrected chi connectivity index (χ3v) is 8.38. The third-order valence-electron chi connectivity index (χ3n) is 8.04. The number of alkyl halides is 2. The van der Waals surface area contributed by atoms with Gasteiger partial charge in [0.25, 0.3) is 11.8 Å². The van der Waals surface area contributed by atoms with E-state index in [1.54, 1.807) is 19.1 Å². The Labute approximate surface area is 285 Å². The largest absolute Gasteiger partial charge is 0.465 e. The van der Waals surface area contributed by atoms with Crippen LogP contribution in [0.5, 0.6) is 0 Å². The number of rotatable bonds is 10. The lowest BCUT2D eigenvalue weighted by Gasteiger charge is -2.43. The minimum absolute atomic E-state index is 0.0100. The number of allylic oxidation sites excluding steroid dienone is 2. The van der Waals surface area contributed by atoms with E-state index in [9.17, 15) is 37.6 Å². The highest BCUT2D eigenvalue weighted by molar-refractivity contribution is 6.31. The average molecular weight is 700 g/mol. The normalized spacial score (nSPS) is 18.3. The summed E-state index contributed by atoms with van der Waals surface area (Å²) in [5.74, 6) is -6.82. The quantitative estimate of drug-likeness (QED) is 0.149. The van der Waals surface area contributed by atoms with Gasteiger partial charge in [0.1, 0.15) is 36.2 Å². The van der Waals surface area contributed by atoms with Gasteiger partial charge in [0.15, 0.2) is 0 Å². The number of hydrogen-bond donors (Lipinski definition) is 0. The molecule has 1 saturated carbocycles. The van der Waals surface area contributed by atoms with Gasteiger partial charge < -0.3 is 14.5 Å². The molecule has 0 spiro atoms. The van der Waals surface area contributed by atoms with Gasteiger partial charge in [-0.05, 0) is 44.8 Å². The number of amides is 4. The van der Waals surface area contributed by atoms with E-state index in [-0.39, 0.29) is 28.6 Å². The number of anilines is 1. The number of nitrogens with zero attached hydrogens (tertiary/aromatic N) is 7. The van der Waals surface area contributed by atoms with Crippen LogP contribution >= 0.6 is 11.6 Å². The molecule has 49 heavy (non-hydrogen) atoms. The number of nitriles is 1. The SMILES string of the molecule is C=N/C(=N\C(C#N)=C/C)N1C(=O)N(CC(=O)OCC)C[C@H]1C(=O)N(c1cccc(F)c1)C(C(=O)N(C)C1CC(F)(F)C1)c1ccccc1Cl. The van der Waals surface area contributed by atoms with Crippen molar-refractivity contribution in [1.29, 1.82) is 5.26 Å². The maximum absolute atomic E-state index is 15.0. The summed E-state index contributed by atoms with van der Waals surface area (Å²) in [6, 6.07) is 7.55. The van der Waals surface area contributed by atoms with Gasteiger partial charge in [0.2, 0.25) is 11.9 Å². The highest BCUT2D eigenvalue weighted by Gasteiger charge is 2.52. The van der Waals surface area contributed by atoms with Crippen LogP contribution in [-0.2, 0) is 19.1 Å². The van der Waals surface area contributed by atoms with E-state index in [0.717, 1.165) is 31.7 Å². The van der Waals surface area contributed by atoms with Crippen LogP contribution in [0.15, 0.2) is 70.3 Å². The molecule has 2 fully saturated rings. The smallest absolute Gasteiger partial charge is 0.328 e. The molecule has 0 aromatic heterocycles. The van der Waals surface area contributed by atoms with Crippen molar-refractivity contribution in [1.82, 2.24) is 14.7 Å². The fraction of sp³-hybridized carbons (Fsp3) is 0.364. The first-order valence-corrected chi connectivity index (χ1v) is 15.5. The zero-order chi connectivity index (χ0) is 36.0. The van der Waals surface area contributed by atoms with Gasteiger partial charge in [-0.25, -0.2) is 32.9 Å². The van der Waals surface area contributed by atoms with Gasteiger partial charge in [0, 0.05) is 42.2 Å². The molecule has 4 amide bonds. The van der Waals surface area contributed by atoms with Crippen LogP contribution in [0.1, 0.15) is 38.3 Å². The molecule has 0 radical (unpaired) electrons. The zero-order valence-corrected chi connectivity index (χ0v) is 27.6. The summed E-state index contributed by atoms with van der Waals surface area (Å²) in [5, 5.41) is 9.55. The molecular weight excluding hydrogens is 667 g/mol. The van der Waals surface area contributed by atoms with E-state index in [2.05, 4.69) is 16.7 Å². The van der Waals surface area contributed by atoms with E-state index >= 15 is 0 Å². The van der Waals surface area contributed by atoms with Gasteiger partial charge in [-0.2, -0.15) is 5.26 Å². The number of guanidine groups is 1. The second-order valence-corrected chi connectivity index (χ2v) is 11.6. The lowest BCUT2D eigenvalue weighted by Crippen LogP contribution is -2.57. The lowest BCUT2D eigenvalue weighted by atomic mass is 9.86. The van der Waals surface area contributed by atoms with Gasteiger partial charge in [-0.15, -0.1) is 0 Å².